The number of nitrogens with zero attached hydrogens (tertiary/aromatic N) is 4. The van der Waals surface area contributed by atoms with Gasteiger partial charge in [-0.3, -0.25) is 0 Å². The monoisotopic (exact) mass is 324 g/mol. The van der Waals surface area contributed by atoms with Crippen molar-refractivity contribution in [1.82, 2.24) is 20.2 Å². The summed E-state index contributed by atoms with van der Waals surface area (Å²) in [4.78, 5) is 0. The van der Waals surface area contributed by atoms with Crippen LogP contribution in [0.25, 0.3) is 17.1 Å². The van der Waals surface area contributed by atoms with E-state index in [2.05, 4.69) is 15.5 Å². The van der Waals surface area contributed by atoms with Crippen molar-refractivity contribution in [3.63, 3.8) is 0 Å². The van der Waals surface area contributed by atoms with E-state index in [0.29, 0.717) is 20.9 Å². The maximum atomic E-state index is 6.02. The van der Waals surface area contributed by atoms with E-state index >= 15 is 0 Å². The maximum Gasteiger partial charge on any atom is 0.187 e. The van der Waals surface area contributed by atoms with E-state index in [4.69, 9.17) is 34.8 Å². The molecule has 0 aliphatic carbocycles. The first-order chi connectivity index (χ1) is 9.65. The second-order valence-electron chi connectivity index (χ2n) is 4.02. The minimum atomic E-state index is 0.449. The van der Waals surface area contributed by atoms with Gasteiger partial charge in [-0.15, -0.1) is 5.10 Å². The Hall–Kier alpha value is -1.62. The lowest BCUT2D eigenvalue weighted by atomic mass is 10.2. The molecule has 20 heavy (non-hydrogen) atoms. The van der Waals surface area contributed by atoms with Crippen LogP contribution in [0.2, 0.25) is 15.1 Å². The van der Waals surface area contributed by atoms with Gasteiger partial charge in [-0.05, 0) is 46.8 Å². The van der Waals surface area contributed by atoms with E-state index in [1.165, 1.54) is 0 Å². The smallest absolute Gasteiger partial charge is 0.187 e. The van der Waals surface area contributed by atoms with Gasteiger partial charge < -0.3 is 0 Å². The predicted octanol–water partition coefficient (Wildman–Crippen LogP) is 4.29. The second-order valence-corrected chi connectivity index (χ2v) is 5.27. The van der Waals surface area contributed by atoms with Gasteiger partial charge in [0.2, 0.25) is 0 Å². The van der Waals surface area contributed by atoms with Crippen LogP contribution in [0, 0.1) is 0 Å². The molecule has 3 rings (SSSR count). The van der Waals surface area contributed by atoms with Crippen molar-refractivity contribution in [1.29, 1.82) is 0 Å². The van der Waals surface area contributed by atoms with Gasteiger partial charge in [0.1, 0.15) is 0 Å². The standard InChI is InChI=1S/C13H7Cl3N4/c14-9-2-1-3-10(7-9)20-13(17-18-19-20)8-4-5-11(15)12(16)6-8/h1-7H. The molecule has 0 aliphatic heterocycles. The molecule has 0 unspecified atom stereocenters. The molecule has 1 heterocycles. The lowest BCUT2D eigenvalue weighted by molar-refractivity contribution is 0.791. The lowest BCUT2D eigenvalue weighted by Gasteiger charge is -2.05. The zero-order valence-corrected chi connectivity index (χ0v) is 12.2. The largest absolute Gasteiger partial charge is 0.193 e. The highest BCUT2D eigenvalue weighted by molar-refractivity contribution is 6.42. The molecule has 4 nitrogen and oxygen atoms in total. The van der Waals surface area contributed by atoms with E-state index in [0.717, 1.165) is 11.3 Å². The fourth-order valence-electron chi connectivity index (χ4n) is 1.78. The second kappa shape index (κ2) is 5.40. The highest BCUT2D eigenvalue weighted by Crippen LogP contribution is 2.28. The maximum absolute atomic E-state index is 6.02. The van der Waals surface area contributed by atoms with Crippen LogP contribution >= 0.6 is 34.8 Å². The van der Waals surface area contributed by atoms with E-state index in [1.807, 2.05) is 12.1 Å². The molecule has 0 aliphatic rings. The first-order valence-electron chi connectivity index (χ1n) is 5.65. The molecule has 100 valence electrons. The number of halogens is 3. The summed E-state index contributed by atoms with van der Waals surface area (Å²) in [6.07, 6.45) is 0. The molecular weight excluding hydrogens is 319 g/mol. The molecule has 3 aromatic rings. The molecule has 0 radical (unpaired) electrons. The van der Waals surface area contributed by atoms with E-state index in [-0.39, 0.29) is 0 Å². The Kier molecular flexibility index (Phi) is 3.61. The summed E-state index contributed by atoms with van der Waals surface area (Å²) in [7, 11) is 0. The third kappa shape index (κ3) is 2.50. The molecule has 0 N–H and O–H groups in total. The highest BCUT2D eigenvalue weighted by Gasteiger charge is 2.12. The molecule has 0 spiro atoms. The Morgan fingerprint density at radius 2 is 1.75 bits per heavy atom. The van der Waals surface area contributed by atoms with E-state index in [9.17, 15) is 0 Å². The van der Waals surface area contributed by atoms with Crippen LogP contribution in [0.15, 0.2) is 42.5 Å². The van der Waals surface area contributed by atoms with E-state index < -0.39 is 0 Å². The normalized spacial score (nSPS) is 10.8. The summed E-state index contributed by atoms with van der Waals surface area (Å²) >= 11 is 17.9. The Balaban J connectivity index is 2.12. The number of tetrazole rings is 1. The summed E-state index contributed by atoms with van der Waals surface area (Å²) in [5.74, 6) is 0.561. The summed E-state index contributed by atoms with van der Waals surface area (Å²) < 4.78 is 1.59. The number of hydrogen-bond donors (Lipinski definition) is 0. The summed E-state index contributed by atoms with van der Waals surface area (Å²) in [6.45, 7) is 0. The van der Waals surface area contributed by atoms with Crippen LogP contribution in [0.3, 0.4) is 0 Å². The fourth-order valence-corrected chi connectivity index (χ4v) is 2.27. The molecule has 0 amide bonds. The van der Waals surface area contributed by atoms with Crippen molar-refractivity contribution >= 4 is 34.8 Å². The third-order valence-electron chi connectivity index (χ3n) is 2.70. The molecule has 0 fully saturated rings. The number of hydrogen-bond acceptors (Lipinski definition) is 3. The average molecular weight is 326 g/mol. The lowest BCUT2D eigenvalue weighted by Crippen LogP contribution is -1.99. The molecular formula is C13H7Cl3N4. The number of benzene rings is 2. The van der Waals surface area contributed by atoms with Gasteiger partial charge in [0.25, 0.3) is 0 Å². The van der Waals surface area contributed by atoms with E-state index in [1.54, 1.807) is 35.0 Å². The van der Waals surface area contributed by atoms with Crippen molar-refractivity contribution in [2.75, 3.05) is 0 Å². The van der Waals surface area contributed by atoms with Crippen LogP contribution in [0.5, 0.6) is 0 Å². The van der Waals surface area contributed by atoms with Crippen LogP contribution in [0.4, 0.5) is 0 Å². The van der Waals surface area contributed by atoms with Crippen LogP contribution in [0.1, 0.15) is 0 Å². The topological polar surface area (TPSA) is 43.6 Å². The van der Waals surface area contributed by atoms with Crippen LogP contribution in [-0.4, -0.2) is 20.2 Å². The zero-order chi connectivity index (χ0) is 14.1. The SMILES string of the molecule is Clc1cccc(-n2nnnc2-c2ccc(Cl)c(Cl)c2)c1. The Labute approximate surface area is 129 Å². The van der Waals surface area contributed by atoms with Crippen molar-refractivity contribution in [3.05, 3.63) is 57.5 Å². The Morgan fingerprint density at radius 1 is 0.900 bits per heavy atom. The van der Waals surface area contributed by atoms with Gasteiger partial charge in [0, 0.05) is 10.6 Å². The first-order valence-corrected chi connectivity index (χ1v) is 6.78. The van der Waals surface area contributed by atoms with Crippen molar-refractivity contribution in [3.8, 4) is 17.1 Å². The molecule has 2 aromatic carbocycles. The third-order valence-corrected chi connectivity index (χ3v) is 3.67. The minimum Gasteiger partial charge on any atom is -0.193 e. The summed E-state index contributed by atoms with van der Waals surface area (Å²) in [5, 5.41) is 13.2. The highest BCUT2D eigenvalue weighted by atomic mass is 35.5. The molecule has 0 atom stereocenters. The van der Waals surface area contributed by atoms with Gasteiger partial charge in [0.15, 0.2) is 5.82 Å². The summed E-state index contributed by atoms with van der Waals surface area (Å²) in [6, 6.07) is 12.5. The van der Waals surface area contributed by atoms with Crippen molar-refractivity contribution in [2.24, 2.45) is 0 Å². The van der Waals surface area contributed by atoms with Gasteiger partial charge in [-0.2, -0.15) is 4.68 Å². The first kappa shape index (κ1) is 13.4. The van der Waals surface area contributed by atoms with Gasteiger partial charge in [-0.25, -0.2) is 0 Å². The molecule has 1 aromatic heterocycles. The van der Waals surface area contributed by atoms with Gasteiger partial charge in [-0.1, -0.05) is 40.9 Å². The van der Waals surface area contributed by atoms with Crippen molar-refractivity contribution < 1.29 is 0 Å². The van der Waals surface area contributed by atoms with Crippen LogP contribution in [-0.2, 0) is 0 Å². The molecule has 0 saturated carbocycles. The number of aromatic nitrogens is 4. The van der Waals surface area contributed by atoms with Crippen LogP contribution < -0.4 is 0 Å². The molecule has 0 bridgehead atoms. The van der Waals surface area contributed by atoms with Crippen molar-refractivity contribution in [2.45, 2.75) is 0 Å². The molecule has 0 saturated heterocycles. The molecule has 7 heteroatoms. The predicted molar refractivity (Wildman–Crippen MR) is 79.6 cm³/mol. The van der Waals surface area contributed by atoms with Gasteiger partial charge >= 0.3 is 0 Å². The Bertz CT molecular complexity index is 770. The fraction of sp³-hybridized carbons (Fsp3) is 0. The average Bonchev–Trinajstić information content (AvgIpc) is 2.91. The minimum absolute atomic E-state index is 0.449. The quantitative estimate of drug-likeness (QED) is 0.706. The Morgan fingerprint density at radius 3 is 2.50 bits per heavy atom. The van der Waals surface area contributed by atoms with Gasteiger partial charge in [0.05, 0.1) is 15.7 Å². The summed E-state index contributed by atoms with van der Waals surface area (Å²) in [5.41, 5.74) is 1.54. The zero-order valence-electron chi connectivity index (χ0n) is 9.96. The number of rotatable bonds is 2.